The molecule has 1 saturated heterocycles. The lowest BCUT2D eigenvalue weighted by molar-refractivity contribution is -0.123. The molecule has 6 nitrogen and oxygen atoms in total. The smallest absolute Gasteiger partial charge is 0.344 e. The molecule has 1 unspecified atom stereocenters. The summed E-state index contributed by atoms with van der Waals surface area (Å²) in [5.41, 5.74) is -1.83. The molecule has 1 amide bonds. The van der Waals surface area contributed by atoms with Crippen LogP contribution >= 0.6 is 11.8 Å². The third-order valence-corrected chi connectivity index (χ3v) is 5.05. The van der Waals surface area contributed by atoms with Crippen molar-refractivity contribution >= 4 is 29.3 Å². The molecule has 162 valence electrons. The largest absolute Gasteiger partial charge is 0.462 e. The summed E-state index contributed by atoms with van der Waals surface area (Å²) in [7, 11) is 0. The third-order valence-electron chi connectivity index (χ3n) is 4.29. The molecule has 1 aliphatic rings. The molecule has 29 heavy (non-hydrogen) atoms. The van der Waals surface area contributed by atoms with Gasteiger partial charge in [-0.2, -0.15) is 0 Å². The van der Waals surface area contributed by atoms with Gasteiger partial charge < -0.3 is 19.5 Å². The van der Waals surface area contributed by atoms with Gasteiger partial charge in [0.05, 0.1) is 23.8 Å². The summed E-state index contributed by atoms with van der Waals surface area (Å²) in [5, 5.41) is 2.42. The molecule has 0 radical (unpaired) electrons. The molecule has 9 heteroatoms. The zero-order valence-corrected chi connectivity index (χ0v) is 18.1. The van der Waals surface area contributed by atoms with Gasteiger partial charge in [0.15, 0.2) is 23.7 Å². The molecule has 1 fully saturated rings. The molecule has 0 aromatic heterocycles. The SMILES string of the molecule is CCOC(=O)c1c(NC(=O)C(C)(C)C)c(F)c(SC)c(F)c1OC1CCCCO1. The number of carbonyl (C=O) groups is 2. The predicted octanol–water partition coefficient (Wildman–Crippen LogP) is 4.75. The van der Waals surface area contributed by atoms with Crippen molar-refractivity contribution in [3.05, 3.63) is 17.2 Å². The Balaban J connectivity index is 2.66. The zero-order chi connectivity index (χ0) is 21.8. The lowest BCUT2D eigenvalue weighted by Crippen LogP contribution is -2.30. The number of hydrogen-bond acceptors (Lipinski definition) is 6. The predicted molar refractivity (Wildman–Crippen MR) is 106 cm³/mol. The van der Waals surface area contributed by atoms with Crippen LogP contribution in [0.1, 0.15) is 57.3 Å². The molecule has 1 aliphatic heterocycles. The fraction of sp³-hybridized carbons (Fsp3) is 0.600. The number of halogens is 2. The summed E-state index contributed by atoms with van der Waals surface area (Å²) < 4.78 is 46.4. The first-order valence-electron chi connectivity index (χ1n) is 9.47. The standard InChI is InChI=1S/C20H27F2NO5S/c1-6-26-18(24)12-15(23-19(25)20(2,3)4)13(21)17(29-5)14(22)16(12)28-11-9-7-8-10-27-11/h11H,6-10H2,1-5H3,(H,23,25). The van der Waals surface area contributed by atoms with Crippen LogP contribution in [0.2, 0.25) is 0 Å². The minimum atomic E-state index is -1.05. The van der Waals surface area contributed by atoms with E-state index in [1.165, 1.54) is 6.26 Å². The van der Waals surface area contributed by atoms with E-state index in [9.17, 15) is 9.59 Å². The van der Waals surface area contributed by atoms with Crippen molar-refractivity contribution in [1.29, 1.82) is 0 Å². The Kier molecular flexibility index (Phi) is 7.87. The summed E-state index contributed by atoms with van der Waals surface area (Å²) in [6, 6.07) is 0. The van der Waals surface area contributed by atoms with Gasteiger partial charge >= 0.3 is 5.97 Å². The number of ether oxygens (including phenoxy) is 3. The number of amides is 1. The number of esters is 1. The second-order valence-electron chi connectivity index (χ2n) is 7.58. The highest BCUT2D eigenvalue weighted by Crippen LogP contribution is 2.41. The van der Waals surface area contributed by atoms with Crippen molar-refractivity contribution in [3.8, 4) is 5.75 Å². The number of thioether (sulfide) groups is 1. The molecule has 1 aromatic carbocycles. The van der Waals surface area contributed by atoms with Gasteiger partial charge in [-0.1, -0.05) is 20.8 Å². The number of benzene rings is 1. The van der Waals surface area contributed by atoms with E-state index in [2.05, 4.69) is 5.32 Å². The molecule has 1 N–H and O–H groups in total. The maximum absolute atomic E-state index is 15.1. The Morgan fingerprint density at radius 1 is 1.24 bits per heavy atom. The topological polar surface area (TPSA) is 73.9 Å². The van der Waals surface area contributed by atoms with E-state index < -0.39 is 52.2 Å². The van der Waals surface area contributed by atoms with Gasteiger partial charge in [-0.25, -0.2) is 13.6 Å². The maximum atomic E-state index is 15.1. The van der Waals surface area contributed by atoms with Crippen LogP contribution in [-0.4, -0.2) is 37.6 Å². The summed E-state index contributed by atoms with van der Waals surface area (Å²) >= 11 is 0.807. The molecule has 1 aromatic rings. The first kappa shape index (κ1) is 23.4. The Labute approximate surface area is 173 Å². The normalized spacial score (nSPS) is 17.0. The summed E-state index contributed by atoms with van der Waals surface area (Å²) in [6.45, 7) is 6.90. The van der Waals surface area contributed by atoms with E-state index in [0.717, 1.165) is 24.6 Å². The van der Waals surface area contributed by atoms with Crippen LogP contribution in [0.4, 0.5) is 14.5 Å². The van der Waals surface area contributed by atoms with E-state index >= 15 is 8.78 Å². The molecule has 0 aliphatic carbocycles. The van der Waals surface area contributed by atoms with Crippen molar-refractivity contribution in [2.75, 3.05) is 24.8 Å². The molecule has 2 rings (SSSR count). The van der Waals surface area contributed by atoms with E-state index in [1.807, 2.05) is 0 Å². The van der Waals surface area contributed by atoms with Crippen molar-refractivity contribution in [1.82, 2.24) is 0 Å². The Morgan fingerprint density at radius 2 is 1.93 bits per heavy atom. The van der Waals surface area contributed by atoms with Gasteiger partial charge in [0, 0.05) is 11.8 Å². The first-order valence-corrected chi connectivity index (χ1v) is 10.7. The minimum absolute atomic E-state index is 0.0155. The van der Waals surface area contributed by atoms with Crippen LogP contribution in [0.25, 0.3) is 0 Å². The number of rotatable bonds is 6. The highest BCUT2D eigenvalue weighted by molar-refractivity contribution is 7.98. The van der Waals surface area contributed by atoms with E-state index in [1.54, 1.807) is 27.7 Å². The first-order chi connectivity index (χ1) is 13.6. The van der Waals surface area contributed by atoms with Gasteiger partial charge in [0.1, 0.15) is 5.56 Å². The second-order valence-corrected chi connectivity index (χ2v) is 8.40. The van der Waals surface area contributed by atoms with Gasteiger partial charge in [-0.15, -0.1) is 11.8 Å². The Bertz CT molecular complexity index is 773. The summed E-state index contributed by atoms with van der Waals surface area (Å²) in [4.78, 5) is 24.8. The summed E-state index contributed by atoms with van der Waals surface area (Å²) in [5.74, 6) is -4.09. The van der Waals surface area contributed by atoms with Gasteiger partial charge in [0.25, 0.3) is 0 Å². The van der Waals surface area contributed by atoms with Crippen LogP contribution in [0.3, 0.4) is 0 Å². The average molecular weight is 432 g/mol. The molecule has 0 spiro atoms. The van der Waals surface area contributed by atoms with Crippen LogP contribution in [0.5, 0.6) is 5.75 Å². The van der Waals surface area contributed by atoms with Crippen molar-refractivity contribution in [2.24, 2.45) is 5.41 Å². The maximum Gasteiger partial charge on any atom is 0.344 e. The second kappa shape index (κ2) is 9.75. The Morgan fingerprint density at radius 3 is 2.45 bits per heavy atom. The van der Waals surface area contributed by atoms with E-state index in [4.69, 9.17) is 14.2 Å². The van der Waals surface area contributed by atoms with Gasteiger partial charge in [0.2, 0.25) is 5.91 Å². The minimum Gasteiger partial charge on any atom is -0.462 e. The van der Waals surface area contributed by atoms with Crippen LogP contribution in [-0.2, 0) is 14.3 Å². The van der Waals surface area contributed by atoms with Gasteiger partial charge in [-0.05, 0) is 26.0 Å². The number of anilines is 1. The fourth-order valence-electron chi connectivity index (χ4n) is 2.69. The monoisotopic (exact) mass is 431 g/mol. The Hall–Kier alpha value is -1.87. The number of hydrogen-bond donors (Lipinski definition) is 1. The lowest BCUT2D eigenvalue weighted by Gasteiger charge is -2.27. The fourth-order valence-corrected chi connectivity index (χ4v) is 3.24. The zero-order valence-electron chi connectivity index (χ0n) is 17.3. The molecule has 0 saturated carbocycles. The third kappa shape index (κ3) is 5.39. The quantitative estimate of drug-likeness (QED) is 0.517. The molecular formula is C20H27F2NO5S. The number of carbonyl (C=O) groups excluding carboxylic acids is 2. The van der Waals surface area contributed by atoms with Crippen molar-refractivity contribution < 1.29 is 32.6 Å². The van der Waals surface area contributed by atoms with Crippen LogP contribution < -0.4 is 10.1 Å². The van der Waals surface area contributed by atoms with Crippen LogP contribution in [0.15, 0.2) is 4.90 Å². The molecular weight excluding hydrogens is 404 g/mol. The highest BCUT2D eigenvalue weighted by atomic mass is 32.2. The molecule has 1 atom stereocenters. The summed E-state index contributed by atoms with van der Waals surface area (Å²) in [6.07, 6.45) is 2.86. The van der Waals surface area contributed by atoms with Crippen molar-refractivity contribution in [2.45, 2.75) is 58.1 Å². The van der Waals surface area contributed by atoms with Gasteiger partial charge in [-0.3, -0.25) is 4.79 Å². The lowest BCUT2D eigenvalue weighted by atomic mass is 9.95. The van der Waals surface area contributed by atoms with E-state index in [0.29, 0.717) is 13.0 Å². The number of nitrogens with one attached hydrogen (secondary N) is 1. The van der Waals surface area contributed by atoms with Crippen LogP contribution in [0, 0.1) is 17.0 Å². The average Bonchev–Trinajstić information content (AvgIpc) is 2.66. The van der Waals surface area contributed by atoms with E-state index in [-0.39, 0.29) is 11.5 Å². The molecule has 0 bridgehead atoms. The molecule has 1 heterocycles. The highest BCUT2D eigenvalue weighted by Gasteiger charge is 2.34. The van der Waals surface area contributed by atoms with Crippen molar-refractivity contribution in [3.63, 3.8) is 0 Å².